The van der Waals surface area contributed by atoms with Crippen LogP contribution in [0.5, 0.6) is 0 Å². The SMILES string of the molecule is CCNC(Cc1cc(F)ccc1Cl)c1cc(C)cc(Br)c1. The number of nitrogens with one attached hydrogen (secondary N) is 1. The Morgan fingerprint density at radius 2 is 2.00 bits per heavy atom. The van der Waals surface area contributed by atoms with Crippen molar-refractivity contribution in [3.8, 4) is 0 Å². The van der Waals surface area contributed by atoms with Crippen LogP contribution in [0.2, 0.25) is 5.02 Å². The quantitative estimate of drug-likeness (QED) is 0.738. The highest BCUT2D eigenvalue weighted by atomic mass is 79.9. The second kappa shape index (κ2) is 7.39. The number of aryl methyl sites for hydroxylation is 1. The molecule has 0 aliphatic heterocycles. The molecule has 0 aliphatic rings. The molecule has 0 saturated carbocycles. The van der Waals surface area contributed by atoms with Gasteiger partial charge in [-0.25, -0.2) is 4.39 Å². The fraction of sp³-hybridized carbons (Fsp3) is 0.294. The molecule has 1 nitrogen and oxygen atoms in total. The molecule has 1 unspecified atom stereocenters. The smallest absolute Gasteiger partial charge is 0.123 e. The molecule has 0 fully saturated rings. The molecule has 1 atom stereocenters. The van der Waals surface area contributed by atoms with Crippen molar-refractivity contribution in [3.63, 3.8) is 0 Å². The van der Waals surface area contributed by atoms with Crippen LogP contribution in [0.4, 0.5) is 4.39 Å². The van der Waals surface area contributed by atoms with Gasteiger partial charge in [0.15, 0.2) is 0 Å². The lowest BCUT2D eigenvalue weighted by atomic mass is 9.97. The third kappa shape index (κ3) is 4.53. The van der Waals surface area contributed by atoms with Crippen LogP contribution in [0.15, 0.2) is 40.9 Å². The maximum absolute atomic E-state index is 13.4. The van der Waals surface area contributed by atoms with Gasteiger partial charge in [-0.3, -0.25) is 0 Å². The van der Waals surface area contributed by atoms with Crippen molar-refractivity contribution in [1.29, 1.82) is 0 Å². The zero-order chi connectivity index (χ0) is 15.4. The molecule has 0 spiro atoms. The highest BCUT2D eigenvalue weighted by Crippen LogP contribution is 2.27. The van der Waals surface area contributed by atoms with Crippen LogP contribution in [0.1, 0.15) is 29.7 Å². The molecule has 0 bridgehead atoms. The Morgan fingerprint density at radius 1 is 1.24 bits per heavy atom. The van der Waals surface area contributed by atoms with Crippen LogP contribution in [0.25, 0.3) is 0 Å². The number of halogens is 3. The van der Waals surface area contributed by atoms with E-state index in [-0.39, 0.29) is 11.9 Å². The van der Waals surface area contributed by atoms with Gasteiger partial charge in [0.05, 0.1) is 0 Å². The highest BCUT2D eigenvalue weighted by molar-refractivity contribution is 9.10. The van der Waals surface area contributed by atoms with Crippen LogP contribution in [0.3, 0.4) is 0 Å². The Hall–Kier alpha value is -0.900. The number of rotatable bonds is 5. The molecule has 112 valence electrons. The van der Waals surface area contributed by atoms with Gasteiger partial charge in [-0.2, -0.15) is 0 Å². The van der Waals surface area contributed by atoms with E-state index in [0.29, 0.717) is 11.4 Å². The summed E-state index contributed by atoms with van der Waals surface area (Å²) >= 11 is 9.72. The van der Waals surface area contributed by atoms with Crippen molar-refractivity contribution in [2.75, 3.05) is 6.54 Å². The molecule has 2 rings (SSSR count). The molecule has 0 aromatic heterocycles. The minimum absolute atomic E-state index is 0.102. The Bertz CT molecular complexity index is 610. The minimum Gasteiger partial charge on any atom is -0.310 e. The number of hydrogen-bond acceptors (Lipinski definition) is 1. The Labute approximate surface area is 138 Å². The molecule has 0 aliphatic carbocycles. The normalized spacial score (nSPS) is 12.4. The summed E-state index contributed by atoms with van der Waals surface area (Å²) in [6.45, 7) is 4.96. The summed E-state index contributed by atoms with van der Waals surface area (Å²) in [5.74, 6) is -0.255. The van der Waals surface area contributed by atoms with E-state index in [1.54, 1.807) is 6.07 Å². The Balaban J connectivity index is 2.32. The van der Waals surface area contributed by atoms with Crippen LogP contribution < -0.4 is 5.32 Å². The van der Waals surface area contributed by atoms with Crippen molar-refractivity contribution < 1.29 is 4.39 Å². The zero-order valence-electron chi connectivity index (χ0n) is 12.1. The summed E-state index contributed by atoms with van der Waals surface area (Å²) in [7, 11) is 0. The van der Waals surface area contributed by atoms with Crippen molar-refractivity contribution in [1.82, 2.24) is 5.32 Å². The van der Waals surface area contributed by atoms with E-state index in [9.17, 15) is 4.39 Å². The van der Waals surface area contributed by atoms with Crippen molar-refractivity contribution in [3.05, 3.63) is 68.4 Å². The van der Waals surface area contributed by atoms with Crippen LogP contribution >= 0.6 is 27.5 Å². The van der Waals surface area contributed by atoms with E-state index >= 15 is 0 Å². The first-order valence-corrected chi connectivity index (χ1v) is 8.11. The van der Waals surface area contributed by atoms with Gasteiger partial charge in [-0.1, -0.05) is 40.5 Å². The summed E-state index contributed by atoms with van der Waals surface area (Å²) < 4.78 is 14.5. The van der Waals surface area contributed by atoms with Gasteiger partial charge in [-0.15, -0.1) is 0 Å². The maximum atomic E-state index is 13.4. The lowest BCUT2D eigenvalue weighted by molar-refractivity contribution is 0.546. The van der Waals surface area contributed by atoms with Gasteiger partial charge in [0.1, 0.15) is 5.82 Å². The molecule has 0 amide bonds. The first-order chi connectivity index (χ1) is 9.99. The summed E-state index contributed by atoms with van der Waals surface area (Å²) in [6, 6.07) is 10.9. The van der Waals surface area contributed by atoms with E-state index in [1.165, 1.54) is 23.3 Å². The monoisotopic (exact) mass is 369 g/mol. The summed E-state index contributed by atoms with van der Waals surface area (Å²) in [5.41, 5.74) is 3.18. The molecule has 2 aromatic rings. The van der Waals surface area contributed by atoms with Gasteiger partial charge >= 0.3 is 0 Å². The highest BCUT2D eigenvalue weighted by Gasteiger charge is 2.14. The maximum Gasteiger partial charge on any atom is 0.123 e. The van der Waals surface area contributed by atoms with Gasteiger partial charge in [0.25, 0.3) is 0 Å². The van der Waals surface area contributed by atoms with Crippen LogP contribution in [-0.4, -0.2) is 6.54 Å². The largest absolute Gasteiger partial charge is 0.310 e. The molecular formula is C17H18BrClFN. The second-order valence-electron chi connectivity index (χ2n) is 5.11. The number of benzene rings is 2. The first-order valence-electron chi connectivity index (χ1n) is 6.94. The van der Waals surface area contributed by atoms with E-state index in [4.69, 9.17) is 11.6 Å². The van der Waals surface area contributed by atoms with Crippen molar-refractivity contribution in [2.24, 2.45) is 0 Å². The molecule has 2 aromatic carbocycles. The number of hydrogen-bond donors (Lipinski definition) is 1. The molecule has 4 heteroatoms. The first kappa shape index (κ1) is 16.5. The second-order valence-corrected chi connectivity index (χ2v) is 6.43. The topological polar surface area (TPSA) is 12.0 Å². The summed E-state index contributed by atoms with van der Waals surface area (Å²) in [6.07, 6.45) is 0.653. The molecular weight excluding hydrogens is 353 g/mol. The average Bonchev–Trinajstić information content (AvgIpc) is 2.41. The fourth-order valence-electron chi connectivity index (χ4n) is 2.44. The summed E-state index contributed by atoms with van der Waals surface area (Å²) in [5, 5.41) is 4.05. The van der Waals surface area contributed by atoms with Gasteiger partial charge in [0, 0.05) is 15.5 Å². The van der Waals surface area contributed by atoms with E-state index < -0.39 is 0 Å². The lowest BCUT2D eigenvalue weighted by Gasteiger charge is -2.20. The Kier molecular flexibility index (Phi) is 5.80. The molecule has 0 saturated heterocycles. The Morgan fingerprint density at radius 3 is 2.67 bits per heavy atom. The van der Waals surface area contributed by atoms with Gasteiger partial charge < -0.3 is 5.32 Å². The van der Waals surface area contributed by atoms with Crippen LogP contribution in [0, 0.1) is 12.7 Å². The van der Waals surface area contributed by atoms with E-state index in [2.05, 4.69) is 53.3 Å². The third-order valence-electron chi connectivity index (χ3n) is 3.35. The molecule has 1 N–H and O–H groups in total. The van der Waals surface area contributed by atoms with Crippen LogP contribution in [-0.2, 0) is 6.42 Å². The van der Waals surface area contributed by atoms with Gasteiger partial charge in [0.2, 0.25) is 0 Å². The predicted molar refractivity (Wildman–Crippen MR) is 90.4 cm³/mol. The molecule has 0 heterocycles. The van der Waals surface area contributed by atoms with Crippen molar-refractivity contribution >= 4 is 27.5 Å². The zero-order valence-corrected chi connectivity index (χ0v) is 14.4. The number of likely N-dealkylation sites (N-methyl/N-ethyl adjacent to an activating group) is 1. The van der Waals surface area contributed by atoms with E-state index in [1.807, 2.05) is 0 Å². The molecule has 0 radical (unpaired) electrons. The van der Waals surface area contributed by atoms with Gasteiger partial charge in [-0.05, 0) is 66.9 Å². The summed E-state index contributed by atoms with van der Waals surface area (Å²) in [4.78, 5) is 0. The lowest BCUT2D eigenvalue weighted by Crippen LogP contribution is -2.23. The van der Waals surface area contributed by atoms with Crippen molar-refractivity contribution in [2.45, 2.75) is 26.3 Å². The fourth-order valence-corrected chi connectivity index (χ4v) is 3.26. The standard InChI is InChI=1S/C17H18BrClFN/c1-3-21-17(13-6-11(2)7-14(18)8-13)10-12-9-15(20)4-5-16(12)19/h4-9,17,21H,3,10H2,1-2H3. The predicted octanol–water partition coefficient (Wildman–Crippen LogP) is 5.44. The minimum atomic E-state index is -0.255. The average molecular weight is 371 g/mol. The third-order valence-corrected chi connectivity index (χ3v) is 4.18. The van der Waals surface area contributed by atoms with E-state index in [0.717, 1.165) is 16.6 Å². The molecule has 21 heavy (non-hydrogen) atoms.